The lowest BCUT2D eigenvalue weighted by Crippen LogP contribution is -2.60. The van der Waals surface area contributed by atoms with E-state index in [2.05, 4.69) is 41.2 Å². The number of aromatic nitrogens is 5. The van der Waals surface area contributed by atoms with Crippen LogP contribution in [-0.2, 0) is 7.05 Å². The van der Waals surface area contributed by atoms with Crippen molar-refractivity contribution in [3.8, 4) is 11.4 Å². The van der Waals surface area contributed by atoms with Crippen molar-refractivity contribution in [3.63, 3.8) is 0 Å². The summed E-state index contributed by atoms with van der Waals surface area (Å²) in [6.45, 7) is 6.85. The average molecular weight is 452 g/mol. The summed E-state index contributed by atoms with van der Waals surface area (Å²) in [5, 5.41) is 9.51. The van der Waals surface area contributed by atoms with E-state index < -0.39 is 0 Å². The van der Waals surface area contributed by atoms with Gasteiger partial charge in [0.1, 0.15) is 15.9 Å². The Hall–Kier alpha value is -2.65. The van der Waals surface area contributed by atoms with Crippen LogP contribution >= 0.6 is 11.3 Å². The third-order valence-corrected chi connectivity index (χ3v) is 8.46. The van der Waals surface area contributed by atoms with E-state index in [9.17, 15) is 4.39 Å². The third-order valence-electron chi connectivity index (χ3n) is 7.41. The standard InChI is InChI=1S/C23H26FN7S/c1-22-5-6-23(2,12-25-11-22)20(22)31(4)21-27-16-9-26-18(28-19(16)32-21)13-7-14-10-30(3)29-17(14)15(24)8-13/h7-10,20,25H,5-6,11-12H2,1-4H3/t20?,22-,23?/m0/s1. The van der Waals surface area contributed by atoms with Gasteiger partial charge in [-0.1, -0.05) is 25.2 Å². The molecule has 9 heteroatoms. The molecule has 7 nitrogen and oxygen atoms in total. The molecule has 2 aliphatic rings. The largest absolute Gasteiger partial charge is 0.347 e. The summed E-state index contributed by atoms with van der Waals surface area (Å²) < 4.78 is 16.2. The Morgan fingerprint density at radius 3 is 2.69 bits per heavy atom. The molecule has 3 atom stereocenters. The second-order valence-corrected chi connectivity index (χ2v) is 11.0. The van der Waals surface area contributed by atoms with Gasteiger partial charge in [0.25, 0.3) is 0 Å². The van der Waals surface area contributed by atoms with Crippen molar-refractivity contribution >= 4 is 37.7 Å². The number of piperidine rings is 1. The lowest BCUT2D eigenvalue weighted by Gasteiger charge is -2.49. The molecule has 0 radical (unpaired) electrons. The van der Waals surface area contributed by atoms with Crippen LogP contribution in [0.1, 0.15) is 26.7 Å². The van der Waals surface area contributed by atoms with Gasteiger partial charge >= 0.3 is 0 Å². The molecule has 2 bridgehead atoms. The molecule has 1 saturated heterocycles. The van der Waals surface area contributed by atoms with E-state index >= 15 is 0 Å². The SMILES string of the molecule is CN(c1nc2cnc(-c3cc(F)c4nn(C)cc4c3)nc2s1)C1C2(C)CC[C@@]1(C)CNC2. The molecule has 1 aliphatic heterocycles. The highest BCUT2D eigenvalue weighted by Crippen LogP contribution is 2.54. The topological polar surface area (TPSA) is 71.8 Å². The number of thiazole rings is 1. The van der Waals surface area contributed by atoms with Crippen molar-refractivity contribution < 1.29 is 4.39 Å². The van der Waals surface area contributed by atoms with Gasteiger partial charge in [-0.2, -0.15) is 5.10 Å². The summed E-state index contributed by atoms with van der Waals surface area (Å²) in [5.74, 6) is 0.135. The minimum atomic E-state index is -0.366. The summed E-state index contributed by atoms with van der Waals surface area (Å²) in [4.78, 5) is 17.3. The van der Waals surface area contributed by atoms with Crippen LogP contribution < -0.4 is 10.2 Å². The number of nitrogens with one attached hydrogen (secondary N) is 1. The van der Waals surface area contributed by atoms with Gasteiger partial charge in [0, 0.05) is 61.2 Å². The van der Waals surface area contributed by atoms with E-state index in [1.165, 1.54) is 18.9 Å². The molecule has 1 saturated carbocycles. The smallest absolute Gasteiger partial charge is 0.188 e. The molecule has 1 N–H and O–H groups in total. The fourth-order valence-electron chi connectivity index (χ4n) is 6.09. The lowest BCUT2D eigenvalue weighted by atomic mass is 9.72. The first-order valence-electron chi connectivity index (χ1n) is 11.0. The summed E-state index contributed by atoms with van der Waals surface area (Å²) in [7, 11) is 3.95. The fraction of sp³-hybridized carbons (Fsp3) is 0.478. The number of nitrogens with zero attached hydrogens (tertiary/aromatic N) is 6. The first-order valence-corrected chi connectivity index (χ1v) is 11.8. The molecule has 4 heterocycles. The maximum absolute atomic E-state index is 14.6. The second kappa shape index (κ2) is 6.68. The van der Waals surface area contributed by atoms with Gasteiger partial charge < -0.3 is 10.2 Å². The van der Waals surface area contributed by atoms with E-state index in [1.54, 1.807) is 35.5 Å². The zero-order chi connectivity index (χ0) is 22.3. The van der Waals surface area contributed by atoms with Gasteiger partial charge in [-0.25, -0.2) is 19.3 Å². The minimum absolute atomic E-state index is 0.229. The lowest BCUT2D eigenvalue weighted by molar-refractivity contribution is 0.143. The number of anilines is 1. The van der Waals surface area contributed by atoms with Crippen molar-refractivity contribution in [1.29, 1.82) is 0 Å². The molecule has 4 aromatic rings. The van der Waals surface area contributed by atoms with Crippen molar-refractivity contribution in [2.24, 2.45) is 17.9 Å². The molecular formula is C23H26FN7S. The molecule has 3 aromatic heterocycles. The molecule has 1 aliphatic carbocycles. The van der Waals surface area contributed by atoms with Crippen molar-refractivity contribution in [1.82, 2.24) is 30.0 Å². The van der Waals surface area contributed by atoms with Gasteiger partial charge in [-0.05, 0) is 25.0 Å². The molecule has 166 valence electrons. The van der Waals surface area contributed by atoms with E-state index in [0.29, 0.717) is 22.9 Å². The Balaban J connectivity index is 1.38. The second-order valence-electron chi connectivity index (χ2n) is 10.0. The first kappa shape index (κ1) is 20.0. The highest BCUT2D eigenvalue weighted by molar-refractivity contribution is 7.21. The Morgan fingerprint density at radius 1 is 1.19 bits per heavy atom. The minimum Gasteiger partial charge on any atom is -0.347 e. The maximum Gasteiger partial charge on any atom is 0.188 e. The molecule has 2 fully saturated rings. The van der Waals surface area contributed by atoms with Crippen molar-refractivity contribution in [3.05, 3.63) is 30.3 Å². The van der Waals surface area contributed by atoms with Crippen molar-refractivity contribution in [2.45, 2.75) is 32.7 Å². The highest BCUT2D eigenvalue weighted by Gasteiger charge is 2.56. The summed E-state index contributed by atoms with van der Waals surface area (Å²) >= 11 is 1.58. The molecule has 2 unspecified atom stereocenters. The van der Waals surface area contributed by atoms with Gasteiger partial charge in [-0.15, -0.1) is 0 Å². The van der Waals surface area contributed by atoms with Gasteiger partial charge in [-0.3, -0.25) is 4.68 Å². The molecule has 32 heavy (non-hydrogen) atoms. The van der Waals surface area contributed by atoms with Crippen molar-refractivity contribution in [2.75, 3.05) is 25.0 Å². The monoisotopic (exact) mass is 451 g/mol. The molecule has 6 rings (SSSR count). The van der Waals surface area contributed by atoms with E-state index in [-0.39, 0.29) is 16.6 Å². The third kappa shape index (κ3) is 2.87. The van der Waals surface area contributed by atoms with Gasteiger partial charge in [0.05, 0.1) is 6.20 Å². The number of hydrogen-bond acceptors (Lipinski definition) is 7. The van der Waals surface area contributed by atoms with Crippen LogP contribution in [0.4, 0.5) is 9.52 Å². The first-order chi connectivity index (χ1) is 15.3. The Labute approximate surface area is 189 Å². The summed E-state index contributed by atoms with van der Waals surface area (Å²) in [5.41, 5.74) is 2.24. The van der Waals surface area contributed by atoms with Crippen LogP contribution in [-0.4, -0.2) is 50.9 Å². The zero-order valence-corrected chi connectivity index (χ0v) is 19.5. The Bertz CT molecular complexity index is 1350. The van der Waals surface area contributed by atoms with Gasteiger partial charge in [0.2, 0.25) is 0 Å². The number of benzene rings is 1. The average Bonchev–Trinajstić information content (AvgIpc) is 3.38. The predicted molar refractivity (Wildman–Crippen MR) is 125 cm³/mol. The van der Waals surface area contributed by atoms with E-state index in [1.807, 2.05) is 6.07 Å². The van der Waals surface area contributed by atoms with Gasteiger partial charge in [0.15, 0.2) is 16.8 Å². The zero-order valence-electron chi connectivity index (χ0n) is 18.7. The van der Waals surface area contributed by atoms with Crippen LogP contribution in [0.5, 0.6) is 0 Å². The molecule has 0 amide bonds. The normalized spacial score (nSPS) is 27.5. The number of rotatable bonds is 3. The number of aryl methyl sites for hydroxylation is 1. The van der Waals surface area contributed by atoms with E-state index in [0.717, 1.165) is 34.0 Å². The van der Waals surface area contributed by atoms with Crippen LogP contribution in [0.2, 0.25) is 0 Å². The number of fused-ring (bicyclic) bond motifs is 4. The Morgan fingerprint density at radius 2 is 1.94 bits per heavy atom. The highest BCUT2D eigenvalue weighted by atomic mass is 32.1. The molecular weight excluding hydrogens is 425 g/mol. The summed E-state index contributed by atoms with van der Waals surface area (Å²) in [6.07, 6.45) is 6.00. The fourth-order valence-corrected chi connectivity index (χ4v) is 6.99. The maximum atomic E-state index is 14.6. The summed E-state index contributed by atoms with van der Waals surface area (Å²) in [6, 6.07) is 3.76. The Kier molecular flexibility index (Phi) is 4.17. The number of halogens is 1. The number of hydrogen-bond donors (Lipinski definition) is 1. The van der Waals surface area contributed by atoms with Crippen LogP contribution in [0.15, 0.2) is 24.5 Å². The van der Waals surface area contributed by atoms with Crippen LogP contribution in [0.25, 0.3) is 32.6 Å². The predicted octanol–water partition coefficient (Wildman–Crippen LogP) is 3.99. The van der Waals surface area contributed by atoms with Crippen LogP contribution in [0, 0.1) is 16.6 Å². The quantitative estimate of drug-likeness (QED) is 0.508. The molecule has 0 spiro atoms. The van der Waals surface area contributed by atoms with Crippen LogP contribution in [0.3, 0.4) is 0 Å². The molecule has 1 aromatic carbocycles. The van der Waals surface area contributed by atoms with E-state index in [4.69, 9.17) is 9.97 Å².